The van der Waals surface area contributed by atoms with Gasteiger partial charge in [0.25, 0.3) is 0 Å². The summed E-state index contributed by atoms with van der Waals surface area (Å²) < 4.78 is 5.21. The molecule has 1 N–H and O–H groups in total. The van der Waals surface area contributed by atoms with Crippen molar-refractivity contribution >= 4 is 17.5 Å². The van der Waals surface area contributed by atoms with Crippen LogP contribution in [0, 0.1) is 5.92 Å². The molecule has 0 unspecified atom stereocenters. The summed E-state index contributed by atoms with van der Waals surface area (Å²) in [7, 11) is 0. The second kappa shape index (κ2) is 7.78. The normalized spacial score (nSPS) is 18.0. The van der Waals surface area contributed by atoms with Crippen LogP contribution in [0.4, 0.5) is 5.69 Å². The fourth-order valence-electron chi connectivity index (χ4n) is 2.44. The van der Waals surface area contributed by atoms with Crippen molar-refractivity contribution < 1.29 is 14.3 Å². The molecule has 1 heterocycles. The van der Waals surface area contributed by atoms with Gasteiger partial charge in [-0.2, -0.15) is 0 Å². The van der Waals surface area contributed by atoms with Crippen LogP contribution >= 0.6 is 0 Å². The first-order chi connectivity index (χ1) is 10.2. The molecule has 21 heavy (non-hydrogen) atoms. The monoisotopic (exact) mass is 290 g/mol. The molecule has 1 aliphatic rings. The molecule has 0 spiro atoms. The number of anilines is 1. The van der Waals surface area contributed by atoms with Gasteiger partial charge in [0.05, 0.1) is 0 Å². The molecule has 1 aliphatic heterocycles. The van der Waals surface area contributed by atoms with Gasteiger partial charge in [0.15, 0.2) is 0 Å². The lowest BCUT2D eigenvalue weighted by atomic mass is 10.1. The highest BCUT2D eigenvalue weighted by molar-refractivity contribution is 6.09. The van der Waals surface area contributed by atoms with Gasteiger partial charge in [-0.25, -0.2) is 0 Å². The first-order valence-electron chi connectivity index (χ1n) is 7.46. The Balaban J connectivity index is 1.82. The number of amides is 2. The van der Waals surface area contributed by atoms with Crippen molar-refractivity contribution in [3.05, 3.63) is 30.3 Å². The molecule has 1 aromatic rings. The van der Waals surface area contributed by atoms with E-state index in [0.29, 0.717) is 32.7 Å². The van der Waals surface area contributed by atoms with Crippen molar-refractivity contribution in [1.82, 2.24) is 5.32 Å². The molecule has 0 aliphatic carbocycles. The van der Waals surface area contributed by atoms with E-state index in [4.69, 9.17) is 4.74 Å². The quantitative estimate of drug-likeness (QED) is 0.613. The fourth-order valence-corrected chi connectivity index (χ4v) is 2.44. The Kier molecular flexibility index (Phi) is 5.75. The van der Waals surface area contributed by atoms with Gasteiger partial charge < -0.3 is 15.0 Å². The number of carbonyl (C=O) groups is 2. The molecule has 0 aromatic heterocycles. The van der Waals surface area contributed by atoms with E-state index in [1.807, 2.05) is 37.3 Å². The maximum atomic E-state index is 12.3. The molecule has 2 rings (SSSR count). The maximum absolute atomic E-state index is 12.3. The van der Waals surface area contributed by atoms with Crippen molar-refractivity contribution in [2.75, 3.05) is 31.2 Å². The summed E-state index contributed by atoms with van der Waals surface area (Å²) >= 11 is 0. The first kappa shape index (κ1) is 15.5. The molecule has 1 aromatic carbocycles. The van der Waals surface area contributed by atoms with Crippen molar-refractivity contribution in [3.63, 3.8) is 0 Å². The highest BCUT2D eigenvalue weighted by Crippen LogP contribution is 2.24. The SMILES string of the molecule is CCOCCCNC(=O)[C@@H]1CCN(c2ccccc2)C1=O. The number of ether oxygens (including phenoxy) is 1. The molecule has 1 fully saturated rings. The Morgan fingerprint density at radius 1 is 1.38 bits per heavy atom. The number of nitrogens with one attached hydrogen (secondary N) is 1. The van der Waals surface area contributed by atoms with Crippen LogP contribution in [0.3, 0.4) is 0 Å². The summed E-state index contributed by atoms with van der Waals surface area (Å²) in [6.07, 6.45) is 1.34. The molecule has 0 radical (unpaired) electrons. The molecule has 5 heteroatoms. The fraction of sp³-hybridized carbons (Fsp3) is 0.500. The standard InChI is InChI=1S/C16H22N2O3/c1-2-21-12-6-10-17-15(19)14-9-11-18(16(14)20)13-7-4-3-5-8-13/h3-5,7-8,14H,2,6,9-12H2,1H3,(H,17,19)/t14-/m0/s1. The molecule has 5 nitrogen and oxygen atoms in total. The molecule has 0 saturated carbocycles. The summed E-state index contributed by atoms with van der Waals surface area (Å²) in [5, 5.41) is 2.82. The largest absolute Gasteiger partial charge is 0.382 e. The summed E-state index contributed by atoms with van der Waals surface area (Å²) in [6, 6.07) is 9.47. The van der Waals surface area contributed by atoms with Crippen LogP contribution in [0.5, 0.6) is 0 Å². The minimum atomic E-state index is -0.558. The molecule has 0 bridgehead atoms. The van der Waals surface area contributed by atoms with Gasteiger partial charge >= 0.3 is 0 Å². The Hall–Kier alpha value is -1.88. The highest BCUT2D eigenvalue weighted by Gasteiger charge is 2.37. The molecular formula is C16H22N2O3. The predicted octanol–water partition coefficient (Wildman–Crippen LogP) is 1.58. The molecule has 1 saturated heterocycles. The van der Waals surface area contributed by atoms with Gasteiger partial charge in [-0.05, 0) is 31.9 Å². The van der Waals surface area contributed by atoms with E-state index >= 15 is 0 Å². The number of rotatable bonds is 7. The van der Waals surface area contributed by atoms with Gasteiger partial charge in [-0.1, -0.05) is 18.2 Å². The molecular weight excluding hydrogens is 268 g/mol. The van der Waals surface area contributed by atoms with Crippen LogP contribution < -0.4 is 10.2 Å². The Morgan fingerprint density at radius 2 is 2.14 bits per heavy atom. The van der Waals surface area contributed by atoms with Crippen molar-refractivity contribution in [1.29, 1.82) is 0 Å². The van der Waals surface area contributed by atoms with E-state index < -0.39 is 5.92 Å². The lowest BCUT2D eigenvalue weighted by Gasteiger charge is -2.16. The number of hydrogen-bond donors (Lipinski definition) is 1. The number of para-hydroxylation sites is 1. The smallest absolute Gasteiger partial charge is 0.239 e. The third kappa shape index (κ3) is 4.04. The lowest BCUT2D eigenvalue weighted by molar-refractivity contribution is -0.132. The number of hydrogen-bond acceptors (Lipinski definition) is 3. The van der Waals surface area contributed by atoms with Crippen LogP contribution in [-0.4, -0.2) is 38.1 Å². The third-order valence-corrected chi connectivity index (χ3v) is 3.56. The Morgan fingerprint density at radius 3 is 2.86 bits per heavy atom. The highest BCUT2D eigenvalue weighted by atomic mass is 16.5. The summed E-state index contributed by atoms with van der Waals surface area (Å²) in [5.41, 5.74) is 0.856. The van der Waals surface area contributed by atoms with Crippen LogP contribution in [0.1, 0.15) is 19.8 Å². The number of carbonyl (C=O) groups excluding carboxylic acids is 2. The topological polar surface area (TPSA) is 58.6 Å². The maximum Gasteiger partial charge on any atom is 0.239 e. The van der Waals surface area contributed by atoms with Crippen LogP contribution in [0.15, 0.2) is 30.3 Å². The first-order valence-corrected chi connectivity index (χ1v) is 7.46. The van der Waals surface area contributed by atoms with E-state index in [2.05, 4.69) is 5.32 Å². The minimum Gasteiger partial charge on any atom is -0.382 e. The van der Waals surface area contributed by atoms with E-state index in [0.717, 1.165) is 12.1 Å². The van der Waals surface area contributed by atoms with Gasteiger partial charge in [0.1, 0.15) is 5.92 Å². The van der Waals surface area contributed by atoms with E-state index in [-0.39, 0.29) is 11.8 Å². The zero-order chi connectivity index (χ0) is 15.1. The molecule has 2 amide bonds. The lowest BCUT2D eigenvalue weighted by Crippen LogP contribution is -2.37. The number of benzene rings is 1. The Bertz CT molecular complexity index is 476. The minimum absolute atomic E-state index is 0.108. The average molecular weight is 290 g/mol. The summed E-state index contributed by atoms with van der Waals surface area (Å²) in [4.78, 5) is 26.1. The van der Waals surface area contributed by atoms with Gasteiger partial charge in [-0.3, -0.25) is 9.59 Å². The van der Waals surface area contributed by atoms with Gasteiger partial charge in [0.2, 0.25) is 11.8 Å². The molecule has 114 valence electrons. The van der Waals surface area contributed by atoms with E-state index in [1.54, 1.807) is 4.90 Å². The second-order valence-electron chi connectivity index (χ2n) is 5.01. The predicted molar refractivity (Wildman–Crippen MR) is 81.0 cm³/mol. The molecule has 1 atom stereocenters. The van der Waals surface area contributed by atoms with Crippen molar-refractivity contribution in [3.8, 4) is 0 Å². The summed E-state index contributed by atoms with van der Waals surface area (Å²) in [6.45, 7) is 4.40. The Labute approximate surface area is 125 Å². The summed E-state index contributed by atoms with van der Waals surface area (Å²) in [5.74, 6) is -0.837. The van der Waals surface area contributed by atoms with E-state index in [9.17, 15) is 9.59 Å². The number of nitrogens with zero attached hydrogens (tertiary/aromatic N) is 1. The van der Waals surface area contributed by atoms with Crippen molar-refractivity contribution in [2.45, 2.75) is 19.8 Å². The zero-order valence-corrected chi connectivity index (χ0v) is 12.4. The van der Waals surface area contributed by atoms with Crippen LogP contribution in [0.2, 0.25) is 0 Å². The average Bonchev–Trinajstić information content (AvgIpc) is 2.89. The van der Waals surface area contributed by atoms with Gasteiger partial charge in [0, 0.05) is 32.0 Å². The zero-order valence-electron chi connectivity index (χ0n) is 12.4. The second-order valence-corrected chi connectivity index (χ2v) is 5.01. The van der Waals surface area contributed by atoms with Crippen LogP contribution in [0.25, 0.3) is 0 Å². The van der Waals surface area contributed by atoms with Gasteiger partial charge in [-0.15, -0.1) is 0 Å². The van der Waals surface area contributed by atoms with Crippen LogP contribution in [-0.2, 0) is 14.3 Å². The van der Waals surface area contributed by atoms with E-state index in [1.165, 1.54) is 0 Å². The van der Waals surface area contributed by atoms with Crippen molar-refractivity contribution in [2.24, 2.45) is 5.92 Å². The third-order valence-electron chi connectivity index (χ3n) is 3.56.